The number of thioether (sulfide) groups is 1. The van der Waals surface area contributed by atoms with E-state index in [4.69, 9.17) is 5.26 Å². The first-order chi connectivity index (χ1) is 9.94. The maximum absolute atomic E-state index is 12.7. The van der Waals surface area contributed by atoms with Gasteiger partial charge in [-0.25, -0.2) is 8.42 Å². The third kappa shape index (κ3) is 5.08. The van der Waals surface area contributed by atoms with Gasteiger partial charge in [-0.1, -0.05) is 11.8 Å². The van der Waals surface area contributed by atoms with Crippen molar-refractivity contribution in [3.8, 4) is 6.07 Å². The van der Waals surface area contributed by atoms with Crippen LogP contribution in [0.1, 0.15) is 11.1 Å². The quantitative estimate of drug-likeness (QED) is 0.756. The number of amides is 1. The molecule has 2 N–H and O–H groups in total. The first kappa shape index (κ1) is 18.1. The fourth-order valence-corrected chi connectivity index (χ4v) is 2.75. The molecule has 7 nitrogen and oxygen atoms in total. The van der Waals surface area contributed by atoms with Crippen molar-refractivity contribution in [2.75, 3.05) is 12.0 Å². The number of alkyl halides is 3. The largest absolute Gasteiger partial charge is 0.417 e. The fourth-order valence-electron chi connectivity index (χ4n) is 1.35. The minimum Gasteiger partial charge on any atom is -0.316 e. The summed E-state index contributed by atoms with van der Waals surface area (Å²) in [5, 5.41) is 8.36. The highest BCUT2D eigenvalue weighted by atomic mass is 32.2. The standard InChI is InChI=1S/C10H8F3N3O4S2/c1-22(19,20)16-8(18)4-21-9-5(3-14)6(10(11,12)13)2-7(17)15-9/h2H,4H2,1H3,(H,15,17)(H,16,18). The van der Waals surface area contributed by atoms with E-state index in [1.165, 1.54) is 6.07 Å². The van der Waals surface area contributed by atoms with Crippen LogP contribution in [0.3, 0.4) is 0 Å². The Morgan fingerprint density at radius 1 is 1.50 bits per heavy atom. The number of hydrogen-bond donors (Lipinski definition) is 2. The van der Waals surface area contributed by atoms with E-state index in [9.17, 15) is 31.2 Å². The van der Waals surface area contributed by atoms with E-state index >= 15 is 0 Å². The molecule has 22 heavy (non-hydrogen) atoms. The highest BCUT2D eigenvalue weighted by molar-refractivity contribution is 8.00. The molecular weight excluding hydrogens is 347 g/mol. The van der Waals surface area contributed by atoms with Crippen LogP contribution in [0.25, 0.3) is 0 Å². The number of aromatic nitrogens is 1. The monoisotopic (exact) mass is 355 g/mol. The summed E-state index contributed by atoms with van der Waals surface area (Å²) >= 11 is 0.410. The number of sulfonamides is 1. The Hall–Kier alpha value is -2.00. The second kappa shape index (κ2) is 6.41. The second-order valence-corrected chi connectivity index (χ2v) is 6.68. The van der Waals surface area contributed by atoms with Gasteiger partial charge in [-0.15, -0.1) is 0 Å². The molecule has 0 saturated carbocycles. The van der Waals surface area contributed by atoms with Crippen LogP contribution in [0.4, 0.5) is 13.2 Å². The predicted octanol–water partition coefficient (Wildman–Crippen LogP) is 0.433. The zero-order valence-electron chi connectivity index (χ0n) is 10.8. The van der Waals surface area contributed by atoms with Crippen LogP contribution in [0, 0.1) is 11.3 Å². The number of nitriles is 1. The first-order valence-electron chi connectivity index (χ1n) is 5.32. The summed E-state index contributed by atoms with van der Waals surface area (Å²) < 4.78 is 61.5. The van der Waals surface area contributed by atoms with Gasteiger partial charge >= 0.3 is 6.18 Å². The summed E-state index contributed by atoms with van der Waals surface area (Å²) in [7, 11) is -3.81. The van der Waals surface area contributed by atoms with Crippen LogP contribution in [0.2, 0.25) is 0 Å². The number of rotatable bonds is 4. The van der Waals surface area contributed by atoms with E-state index in [0.717, 1.165) is 6.26 Å². The van der Waals surface area contributed by atoms with Crippen LogP contribution in [0.5, 0.6) is 0 Å². The van der Waals surface area contributed by atoms with Crippen molar-refractivity contribution in [1.29, 1.82) is 5.26 Å². The molecular formula is C10H8F3N3O4S2. The van der Waals surface area contributed by atoms with Gasteiger partial charge in [0.1, 0.15) is 6.07 Å². The molecule has 0 aliphatic rings. The molecule has 0 unspecified atom stereocenters. The summed E-state index contributed by atoms with van der Waals surface area (Å²) in [5.41, 5.74) is -3.37. The molecule has 12 heteroatoms. The van der Waals surface area contributed by atoms with Crippen LogP contribution >= 0.6 is 11.8 Å². The number of H-pyrrole nitrogens is 1. The molecule has 0 aliphatic heterocycles. The molecule has 0 aromatic carbocycles. The van der Waals surface area contributed by atoms with Crippen LogP contribution in [-0.4, -0.2) is 31.3 Å². The molecule has 0 saturated heterocycles. The van der Waals surface area contributed by atoms with E-state index < -0.39 is 49.6 Å². The first-order valence-corrected chi connectivity index (χ1v) is 8.20. The zero-order valence-corrected chi connectivity index (χ0v) is 12.4. The highest BCUT2D eigenvalue weighted by Gasteiger charge is 2.35. The van der Waals surface area contributed by atoms with E-state index in [1.54, 1.807) is 4.72 Å². The Labute approximate surface area is 126 Å². The number of pyridine rings is 1. The number of nitrogens with zero attached hydrogens (tertiary/aromatic N) is 1. The molecule has 120 valence electrons. The van der Waals surface area contributed by atoms with Gasteiger partial charge < -0.3 is 4.98 Å². The van der Waals surface area contributed by atoms with E-state index in [2.05, 4.69) is 0 Å². The lowest BCUT2D eigenvalue weighted by molar-refractivity contribution is -0.138. The second-order valence-electron chi connectivity index (χ2n) is 3.95. The molecule has 0 radical (unpaired) electrons. The Morgan fingerprint density at radius 3 is 2.55 bits per heavy atom. The third-order valence-corrected chi connectivity index (χ3v) is 3.67. The topological polar surface area (TPSA) is 120 Å². The van der Waals surface area contributed by atoms with Crippen LogP contribution in [-0.2, 0) is 21.0 Å². The Kier molecular flexibility index (Phi) is 5.26. The molecule has 1 rings (SSSR count). The number of aromatic amines is 1. The van der Waals surface area contributed by atoms with Crippen molar-refractivity contribution in [3.05, 3.63) is 27.5 Å². The summed E-state index contributed by atoms with van der Waals surface area (Å²) in [5.74, 6) is -1.60. The van der Waals surface area contributed by atoms with Crippen molar-refractivity contribution in [2.45, 2.75) is 11.2 Å². The normalized spacial score (nSPS) is 11.8. The summed E-state index contributed by atoms with van der Waals surface area (Å²) in [6.45, 7) is 0. The lowest BCUT2D eigenvalue weighted by Gasteiger charge is -2.11. The smallest absolute Gasteiger partial charge is 0.316 e. The van der Waals surface area contributed by atoms with Crippen molar-refractivity contribution in [2.24, 2.45) is 0 Å². The third-order valence-electron chi connectivity index (χ3n) is 2.07. The molecule has 1 aromatic rings. The average Bonchev–Trinajstić information content (AvgIpc) is 2.32. The molecule has 0 aliphatic carbocycles. The summed E-state index contributed by atoms with van der Waals surface area (Å²) in [6.07, 6.45) is -4.19. The molecule has 0 spiro atoms. The minimum atomic E-state index is -4.91. The molecule has 0 atom stereocenters. The average molecular weight is 355 g/mol. The minimum absolute atomic E-state index is 0.235. The lowest BCUT2D eigenvalue weighted by Crippen LogP contribution is -2.30. The lowest BCUT2D eigenvalue weighted by atomic mass is 10.1. The number of halogens is 3. The van der Waals surface area contributed by atoms with Crippen molar-refractivity contribution < 1.29 is 26.4 Å². The van der Waals surface area contributed by atoms with Gasteiger partial charge in [0.2, 0.25) is 21.5 Å². The molecule has 1 heterocycles. The van der Waals surface area contributed by atoms with Crippen molar-refractivity contribution >= 4 is 27.7 Å². The molecule has 1 aromatic heterocycles. The molecule has 1 amide bonds. The van der Waals surface area contributed by atoms with Gasteiger partial charge in [-0.05, 0) is 0 Å². The van der Waals surface area contributed by atoms with Gasteiger partial charge in [0.25, 0.3) is 0 Å². The SMILES string of the molecule is CS(=O)(=O)NC(=O)CSc1[nH]c(=O)cc(C(F)(F)F)c1C#N. The van der Waals surface area contributed by atoms with Gasteiger partial charge in [-0.3, -0.25) is 14.3 Å². The van der Waals surface area contributed by atoms with Gasteiger partial charge in [0, 0.05) is 6.07 Å². The number of nitrogens with one attached hydrogen (secondary N) is 2. The Morgan fingerprint density at radius 2 is 2.09 bits per heavy atom. The van der Waals surface area contributed by atoms with E-state index in [1.807, 2.05) is 4.98 Å². The maximum Gasteiger partial charge on any atom is 0.417 e. The highest BCUT2D eigenvalue weighted by Crippen LogP contribution is 2.33. The van der Waals surface area contributed by atoms with Crippen LogP contribution < -0.4 is 10.3 Å². The van der Waals surface area contributed by atoms with Gasteiger partial charge in [-0.2, -0.15) is 18.4 Å². The Bertz CT molecular complexity index is 793. The summed E-state index contributed by atoms with van der Waals surface area (Å²) in [4.78, 5) is 24.5. The molecule has 0 bridgehead atoms. The van der Waals surface area contributed by atoms with Crippen LogP contribution in [0.15, 0.2) is 15.9 Å². The van der Waals surface area contributed by atoms with Crippen molar-refractivity contribution in [3.63, 3.8) is 0 Å². The molecule has 0 fully saturated rings. The number of carbonyl (C=O) groups is 1. The Balaban J connectivity index is 3.11. The number of carbonyl (C=O) groups excluding carboxylic acids is 1. The van der Waals surface area contributed by atoms with E-state index in [-0.39, 0.29) is 6.07 Å². The van der Waals surface area contributed by atoms with E-state index in [0.29, 0.717) is 11.8 Å². The fraction of sp³-hybridized carbons (Fsp3) is 0.300. The zero-order chi connectivity index (χ0) is 17.1. The summed E-state index contributed by atoms with van der Waals surface area (Å²) in [6, 6.07) is 1.54. The van der Waals surface area contributed by atoms with Crippen molar-refractivity contribution in [1.82, 2.24) is 9.71 Å². The maximum atomic E-state index is 12.7. The van der Waals surface area contributed by atoms with Gasteiger partial charge in [0.15, 0.2) is 0 Å². The van der Waals surface area contributed by atoms with Gasteiger partial charge in [0.05, 0.1) is 28.2 Å². The number of hydrogen-bond acceptors (Lipinski definition) is 6. The predicted molar refractivity (Wildman–Crippen MR) is 70.5 cm³/mol.